The van der Waals surface area contributed by atoms with Gasteiger partial charge in [-0.15, -0.1) is 11.3 Å². The van der Waals surface area contributed by atoms with E-state index in [1.54, 1.807) is 17.5 Å². The van der Waals surface area contributed by atoms with E-state index in [2.05, 4.69) is 9.88 Å². The Balaban J connectivity index is 1.50. The van der Waals surface area contributed by atoms with Crippen LogP contribution in [0.15, 0.2) is 41.9 Å². The van der Waals surface area contributed by atoms with Crippen molar-refractivity contribution in [2.24, 2.45) is 0 Å². The van der Waals surface area contributed by atoms with Crippen molar-refractivity contribution in [1.82, 2.24) is 15.0 Å². The Morgan fingerprint density at radius 3 is 3.00 bits per heavy atom. The fourth-order valence-corrected chi connectivity index (χ4v) is 4.97. The number of hydrogen-bond donors (Lipinski definition) is 1. The van der Waals surface area contributed by atoms with Gasteiger partial charge in [0.25, 0.3) is 0 Å². The first-order valence-electron chi connectivity index (χ1n) is 10.2. The highest BCUT2D eigenvalue weighted by Crippen LogP contribution is 2.34. The first kappa shape index (κ1) is 18.7. The van der Waals surface area contributed by atoms with Crippen LogP contribution in [0.2, 0.25) is 0 Å². The molecule has 7 heteroatoms. The lowest BCUT2D eigenvalue weighted by Gasteiger charge is -2.38. The molecule has 0 spiro atoms. The van der Waals surface area contributed by atoms with Crippen molar-refractivity contribution in [1.29, 1.82) is 0 Å². The zero-order valence-electron chi connectivity index (χ0n) is 16.2. The van der Waals surface area contributed by atoms with Crippen LogP contribution >= 0.6 is 11.3 Å². The molecule has 150 valence electrons. The highest BCUT2D eigenvalue weighted by Gasteiger charge is 2.31. The molecule has 5 rings (SSSR count). The number of hydrogen-bond acceptors (Lipinski definition) is 7. The van der Waals surface area contributed by atoms with Gasteiger partial charge in [-0.05, 0) is 42.8 Å². The second kappa shape index (κ2) is 8.18. The molecule has 2 atom stereocenters. The second-order valence-electron chi connectivity index (χ2n) is 7.55. The van der Waals surface area contributed by atoms with Crippen LogP contribution in [0.5, 0.6) is 0 Å². The molecule has 2 unspecified atom stereocenters. The number of pyridine rings is 1. The first-order chi connectivity index (χ1) is 14.3. The topological polar surface area (TPSA) is 71.4 Å². The van der Waals surface area contributed by atoms with Crippen molar-refractivity contribution < 1.29 is 9.84 Å². The number of nitrogens with zero attached hydrogens (tertiary/aromatic N) is 4. The third-order valence-corrected chi connectivity index (χ3v) is 6.65. The summed E-state index contributed by atoms with van der Waals surface area (Å²) in [4.78, 5) is 17.6. The molecule has 1 aliphatic heterocycles. The summed E-state index contributed by atoms with van der Waals surface area (Å²) >= 11 is 1.59. The van der Waals surface area contributed by atoms with E-state index in [-0.39, 0.29) is 6.04 Å². The summed E-state index contributed by atoms with van der Waals surface area (Å²) in [5.41, 5.74) is 3.19. The summed E-state index contributed by atoms with van der Waals surface area (Å²) in [5.74, 6) is 1.69. The van der Waals surface area contributed by atoms with Crippen molar-refractivity contribution in [3.05, 3.63) is 58.0 Å². The van der Waals surface area contributed by atoms with Gasteiger partial charge in [-0.1, -0.05) is 12.1 Å². The fraction of sp³-hybridized carbons (Fsp3) is 0.409. The van der Waals surface area contributed by atoms with Crippen LogP contribution in [-0.4, -0.2) is 45.9 Å². The minimum Gasteiger partial charge on any atom is -0.387 e. The number of morpholine rings is 1. The molecule has 4 heterocycles. The number of aliphatic hydroxyl groups excluding tert-OH is 1. The zero-order chi connectivity index (χ0) is 19.6. The molecule has 29 heavy (non-hydrogen) atoms. The molecule has 0 amide bonds. The predicted octanol–water partition coefficient (Wildman–Crippen LogP) is 3.42. The van der Waals surface area contributed by atoms with Gasteiger partial charge in [-0.25, -0.2) is 9.97 Å². The third kappa shape index (κ3) is 3.77. The van der Waals surface area contributed by atoms with Gasteiger partial charge in [0.1, 0.15) is 11.5 Å². The van der Waals surface area contributed by atoms with Crippen molar-refractivity contribution in [3.8, 4) is 11.5 Å². The zero-order valence-corrected chi connectivity index (χ0v) is 17.0. The maximum atomic E-state index is 10.7. The lowest BCUT2D eigenvalue weighted by molar-refractivity contribution is 0.0683. The van der Waals surface area contributed by atoms with Gasteiger partial charge in [0, 0.05) is 35.3 Å². The van der Waals surface area contributed by atoms with Crippen molar-refractivity contribution >= 4 is 17.2 Å². The van der Waals surface area contributed by atoms with Gasteiger partial charge in [0.15, 0.2) is 5.82 Å². The van der Waals surface area contributed by atoms with E-state index < -0.39 is 6.10 Å². The Kier molecular flexibility index (Phi) is 5.26. The van der Waals surface area contributed by atoms with Crippen LogP contribution in [0.4, 0.5) is 5.82 Å². The van der Waals surface area contributed by atoms with E-state index in [0.29, 0.717) is 25.5 Å². The summed E-state index contributed by atoms with van der Waals surface area (Å²) in [6.45, 7) is 2.04. The molecule has 2 aliphatic rings. The van der Waals surface area contributed by atoms with Crippen LogP contribution < -0.4 is 4.90 Å². The fourth-order valence-electron chi connectivity index (χ4n) is 4.24. The number of thiophene rings is 1. The average Bonchev–Trinajstić information content (AvgIpc) is 3.46. The number of anilines is 1. The van der Waals surface area contributed by atoms with Gasteiger partial charge in [-0.2, -0.15) is 0 Å². The quantitative estimate of drug-likeness (QED) is 0.698. The third-order valence-electron chi connectivity index (χ3n) is 5.67. The maximum absolute atomic E-state index is 10.7. The summed E-state index contributed by atoms with van der Waals surface area (Å²) in [7, 11) is 0. The second-order valence-corrected chi connectivity index (χ2v) is 8.53. The molecule has 1 fully saturated rings. The minimum absolute atomic E-state index is 0.0806. The molecule has 0 saturated carbocycles. The number of fused-ring (bicyclic) bond motifs is 1. The Morgan fingerprint density at radius 1 is 1.21 bits per heavy atom. The number of aromatic nitrogens is 3. The molecule has 0 radical (unpaired) electrons. The van der Waals surface area contributed by atoms with E-state index in [1.807, 2.05) is 35.7 Å². The number of aliphatic hydroxyl groups is 1. The van der Waals surface area contributed by atoms with E-state index in [1.165, 1.54) is 5.56 Å². The van der Waals surface area contributed by atoms with Crippen LogP contribution in [0.1, 0.15) is 35.1 Å². The van der Waals surface area contributed by atoms with E-state index in [4.69, 9.17) is 14.7 Å². The number of rotatable bonds is 5. The Hall–Kier alpha value is -2.35. The monoisotopic (exact) mass is 408 g/mol. The normalized spacial score (nSPS) is 19.9. The Morgan fingerprint density at radius 2 is 2.17 bits per heavy atom. The van der Waals surface area contributed by atoms with Gasteiger partial charge in [0.2, 0.25) is 0 Å². The summed E-state index contributed by atoms with van der Waals surface area (Å²) < 4.78 is 5.78. The van der Waals surface area contributed by atoms with Gasteiger partial charge in [0.05, 0.1) is 25.4 Å². The first-order valence-corrected chi connectivity index (χ1v) is 11.0. The molecule has 0 bridgehead atoms. The summed E-state index contributed by atoms with van der Waals surface area (Å²) in [6, 6.07) is 9.88. The van der Waals surface area contributed by atoms with Gasteiger partial charge < -0.3 is 14.7 Å². The number of aryl methyl sites for hydroxylation is 1. The van der Waals surface area contributed by atoms with E-state index >= 15 is 0 Å². The lowest BCUT2D eigenvalue weighted by Crippen LogP contribution is -2.47. The Bertz CT molecular complexity index is 964. The van der Waals surface area contributed by atoms with E-state index in [0.717, 1.165) is 47.9 Å². The predicted molar refractivity (Wildman–Crippen MR) is 113 cm³/mol. The van der Waals surface area contributed by atoms with Crippen LogP contribution in [-0.2, 0) is 17.6 Å². The molecule has 1 saturated heterocycles. The van der Waals surface area contributed by atoms with Crippen molar-refractivity contribution in [3.63, 3.8) is 0 Å². The SMILES string of the molecule is OC(CC1COCCN1c1nc(-c2ccccn2)nc2c1CCC2)c1cccs1. The molecule has 1 N–H and O–H groups in total. The smallest absolute Gasteiger partial charge is 0.180 e. The molecule has 0 aromatic carbocycles. The van der Waals surface area contributed by atoms with Crippen molar-refractivity contribution in [2.75, 3.05) is 24.7 Å². The molecule has 3 aromatic heterocycles. The Labute approximate surface area is 174 Å². The lowest BCUT2D eigenvalue weighted by atomic mass is 10.0. The van der Waals surface area contributed by atoms with E-state index in [9.17, 15) is 5.11 Å². The number of ether oxygens (including phenoxy) is 1. The average molecular weight is 409 g/mol. The highest BCUT2D eigenvalue weighted by molar-refractivity contribution is 7.10. The molecule has 3 aromatic rings. The summed E-state index contributed by atoms with van der Waals surface area (Å²) in [6.07, 6.45) is 5.01. The molecular formula is C22H24N4O2S. The molecule has 6 nitrogen and oxygen atoms in total. The van der Waals surface area contributed by atoms with Gasteiger partial charge in [-0.3, -0.25) is 4.98 Å². The molecular weight excluding hydrogens is 384 g/mol. The summed E-state index contributed by atoms with van der Waals surface area (Å²) in [5, 5.41) is 12.7. The molecule has 1 aliphatic carbocycles. The van der Waals surface area contributed by atoms with Crippen LogP contribution in [0.3, 0.4) is 0 Å². The minimum atomic E-state index is -0.491. The largest absolute Gasteiger partial charge is 0.387 e. The maximum Gasteiger partial charge on any atom is 0.180 e. The van der Waals surface area contributed by atoms with Gasteiger partial charge >= 0.3 is 0 Å². The highest BCUT2D eigenvalue weighted by atomic mass is 32.1. The van der Waals surface area contributed by atoms with Crippen LogP contribution in [0, 0.1) is 0 Å². The van der Waals surface area contributed by atoms with Crippen molar-refractivity contribution in [2.45, 2.75) is 37.8 Å². The standard InChI is InChI=1S/C22H24N4O2S/c27-19(20-8-4-12-29-20)13-15-14-28-11-10-26(15)22-16-5-3-7-17(16)24-21(25-22)18-6-1-2-9-23-18/h1-2,4,6,8-9,12,15,19,27H,3,5,7,10-11,13-14H2. The van der Waals surface area contributed by atoms with Crippen LogP contribution in [0.25, 0.3) is 11.5 Å².